The number of methoxy groups -OCH3 is 1. The third-order valence-corrected chi connectivity index (χ3v) is 5.59. The smallest absolute Gasteiger partial charge is 0.237 e. The molecule has 0 spiro atoms. The Morgan fingerprint density at radius 2 is 2.12 bits per heavy atom. The Kier molecular flexibility index (Phi) is 6.62. The Labute approximate surface area is 153 Å². The molecule has 1 saturated heterocycles. The first-order chi connectivity index (χ1) is 12.3. The third kappa shape index (κ3) is 4.91. The number of hydrogen-bond donors (Lipinski definition) is 1. The van der Waals surface area contributed by atoms with E-state index in [1.54, 1.807) is 18.4 Å². The summed E-state index contributed by atoms with van der Waals surface area (Å²) in [4.78, 5) is 16.1. The summed E-state index contributed by atoms with van der Waals surface area (Å²) in [6.07, 6.45) is 3.22. The van der Waals surface area contributed by atoms with Crippen LogP contribution < -0.4 is 5.32 Å². The fraction of sp³-hybridized carbons (Fsp3) is 0.450. The number of ether oxygens (including phenoxy) is 1. The number of hydrogen-bond acceptors (Lipinski definition) is 4. The number of carbonyl (C=O) groups excluding carboxylic acids is 1. The van der Waals surface area contributed by atoms with Crippen LogP contribution in [-0.4, -0.2) is 43.7 Å². The van der Waals surface area contributed by atoms with Gasteiger partial charge >= 0.3 is 0 Å². The molecule has 0 aliphatic carbocycles. The van der Waals surface area contributed by atoms with Crippen molar-refractivity contribution in [1.29, 1.82) is 0 Å². The first-order valence-electron chi connectivity index (χ1n) is 8.91. The molecule has 1 N–H and O–H groups in total. The molecule has 0 radical (unpaired) electrons. The molecule has 25 heavy (non-hydrogen) atoms. The molecule has 0 bridgehead atoms. The van der Waals surface area contributed by atoms with Crippen molar-refractivity contribution in [1.82, 2.24) is 10.2 Å². The quantitative estimate of drug-likeness (QED) is 0.770. The van der Waals surface area contributed by atoms with Gasteiger partial charge < -0.3 is 10.1 Å². The minimum Gasteiger partial charge on any atom is -0.383 e. The highest BCUT2D eigenvalue weighted by Crippen LogP contribution is 2.26. The van der Waals surface area contributed by atoms with Crippen molar-refractivity contribution in [2.24, 2.45) is 0 Å². The van der Waals surface area contributed by atoms with Gasteiger partial charge in [0.15, 0.2) is 0 Å². The van der Waals surface area contributed by atoms with Gasteiger partial charge in [0.1, 0.15) is 0 Å². The zero-order valence-corrected chi connectivity index (χ0v) is 15.6. The Hall–Kier alpha value is -1.69. The van der Waals surface area contributed by atoms with E-state index in [1.165, 1.54) is 16.0 Å². The lowest BCUT2D eigenvalue weighted by molar-refractivity contribution is -0.128. The predicted molar refractivity (Wildman–Crippen MR) is 103 cm³/mol. The molecule has 3 rings (SSSR count). The van der Waals surface area contributed by atoms with Gasteiger partial charge in [-0.3, -0.25) is 9.69 Å². The number of benzene rings is 1. The van der Waals surface area contributed by atoms with E-state index in [0.717, 1.165) is 32.4 Å². The Balaban J connectivity index is 1.62. The molecule has 1 fully saturated rings. The van der Waals surface area contributed by atoms with E-state index >= 15 is 0 Å². The maximum Gasteiger partial charge on any atom is 0.237 e. The van der Waals surface area contributed by atoms with E-state index < -0.39 is 0 Å². The van der Waals surface area contributed by atoms with Gasteiger partial charge in [-0.25, -0.2) is 0 Å². The molecule has 5 heteroatoms. The lowest BCUT2D eigenvalue weighted by atomic mass is 10.00. The van der Waals surface area contributed by atoms with Crippen LogP contribution in [0.1, 0.15) is 24.8 Å². The van der Waals surface area contributed by atoms with Gasteiger partial charge in [-0.2, -0.15) is 0 Å². The summed E-state index contributed by atoms with van der Waals surface area (Å²) >= 11 is 1.76. The maximum absolute atomic E-state index is 12.5. The van der Waals surface area contributed by atoms with E-state index in [2.05, 4.69) is 52.0 Å². The highest BCUT2D eigenvalue weighted by atomic mass is 32.1. The molecule has 2 heterocycles. The first kappa shape index (κ1) is 18.1. The average molecular weight is 359 g/mol. The van der Waals surface area contributed by atoms with Crippen LogP contribution >= 0.6 is 11.3 Å². The van der Waals surface area contributed by atoms with E-state index in [9.17, 15) is 4.79 Å². The van der Waals surface area contributed by atoms with Crippen molar-refractivity contribution >= 4 is 17.2 Å². The number of carbonyl (C=O) groups is 1. The molecule has 1 aliphatic rings. The van der Waals surface area contributed by atoms with Crippen LogP contribution in [0.5, 0.6) is 0 Å². The summed E-state index contributed by atoms with van der Waals surface area (Å²) in [7, 11) is 1.65. The molecule has 1 aromatic carbocycles. The van der Waals surface area contributed by atoms with Gasteiger partial charge in [0.2, 0.25) is 5.91 Å². The molecule has 2 aromatic rings. The standard InChI is InChI=1S/C20H26N2O2S/c1-24-13-11-21-20(23)18-5-2-3-12-22(18)15-16-7-9-17(10-8-16)19-6-4-14-25-19/h4,6-10,14,18H,2-3,5,11-13,15H2,1H3,(H,21,23). The van der Waals surface area contributed by atoms with Crippen molar-refractivity contribution in [3.05, 3.63) is 47.3 Å². The van der Waals surface area contributed by atoms with Gasteiger partial charge in [0.05, 0.1) is 12.6 Å². The number of rotatable bonds is 7. The summed E-state index contributed by atoms with van der Waals surface area (Å²) < 4.78 is 5.02. The van der Waals surface area contributed by atoms with Crippen LogP contribution in [0.2, 0.25) is 0 Å². The minimum absolute atomic E-state index is 0.0254. The number of amides is 1. The SMILES string of the molecule is COCCNC(=O)C1CCCCN1Cc1ccc(-c2cccs2)cc1. The zero-order valence-electron chi connectivity index (χ0n) is 14.7. The number of nitrogens with zero attached hydrogens (tertiary/aromatic N) is 1. The second-order valence-electron chi connectivity index (χ2n) is 6.44. The van der Waals surface area contributed by atoms with Gasteiger partial charge in [0, 0.05) is 25.1 Å². The average Bonchev–Trinajstić information content (AvgIpc) is 3.18. The summed E-state index contributed by atoms with van der Waals surface area (Å²) in [5, 5.41) is 5.09. The minimum atomic E-state index is -0.0254. The molecule has 1 aliphatic heterocycles. The molecule has 1 amide bonds. The highest BCUT2D eigenvalue weighted by molar-refractivity contribution is 7.13. The number of piperidine rings is 1. The van der Waals surface area contributed by atoms with Crippen LogP contribution in [0, 0.1) is 0 Å². The predicted octanol–water partition coefficient (Wildman–Crippen LogP) is 3.53. The molecule has 1 unspecified atom stereocenters. The van der Waals surface area contributed by atoms with Crippen LogP contribution in [0.25, 0.3) is 10.4 Å². The summed E-state index contributed by atoms with van der Waals surface area (Å²) in [6.45, 7) is 2.94. The van der Waals surface area contributed by atoms with E-state index in [0.29, 0.717) is 13.2 Å². The van der Waals surface area contributed by atoms with Gasteiger partial charge in [-0.05, 0) is 42.0 Å². The van der Waals surface area contributed by atoms with Crippen LogP contribution in [0.15, 0.2) is 41.8 Å². The fourth-order valence-electron chi connectivity index (χ4n) is 3.32. The van der Waals surface area contributed by atoms with E-state index in [1.807, 2.05) is 0 Å². The van der Waals surface area contributed by atoms with E-state index in [-0.39, 0.29) is 11.9 Å². The molecule has 134 valence electrons. The monoisotopic (exact) mass is 358 g/mol. The van der Waals surface area contributed by atoms with Crippen LogP contribution in [0.4, 0.5) is 0 Å². The number of likely N-dealkylation sites (tertiary alicyclic amines) is 1. The van der Waals surface area contributed by atoms with Crippen molar-refractivity contribution in [3.8, 4) is 10.4 Å². The molecule has 0 saturated carbocycles. The van der Waals surface area contributed by atoms with Gasteiger partial charge in [-0.15, -0.1) is 11.3 Å². The lowest BCUT2D eigenvalue weighted by Gasteiger charge is -2.34. The summed E-state index contributed by atoms with van der Waals surface area (Å²) in [6, 6.07) is 12.9. The van der Waals surface area contributed by atoms with Gasteiger partial charge in [-0.1, -0.05) is 36.8 Å². The van der Waals surface area contributed by atoms with Crippen molar-refractivity contribution in [2.45, 2.75) is 31.8 Å². The van der Waals surface area contributed by atoms with E-state index in [4.69, 9.17) is 4.74 Å². The Morgan fingerprint density at radius 1 is 1.28 bits per heavy atom. The maximum atomic E-state index is 12.5. The Bertz CT molecular complexity index is 655. The first-order valence-corrected chi connectivity index (χ1v) is 9.79. The number of nitrogens with one attached hydrogen (secondary N) is 1. The topological polar surface area (TPSA) is 41.6 Å². The van der Waals surface area contributed by atoms with Gasteiger partial charge in [0.25, 0.3) is 0 Å². The second kappa shape index (κ2) is 9.13. The highest BCUT2D eigenvalue weighted by Gasteiger charge is 2.28. The molecule has 1 aromatic heterocycles. The molecule has 1 atom stereocenters. The fourth-order valence-corrected chi connectivity index (χ4v) is 4.06. The zero-order chi connectivity index (χ0) is 17.5. The number of thiophene rings is 1. The summed E-state index contributed by atoms with van der Waals surface area (Å²) in [5.74, 6) is 0.131. The van der Waals surface area contributed by atoms with Crippen LogP contribution in [-0.2, 0) is 16.1 Å². The largest absolute Gasteiger partial charge is 0.383 e. The van der Waals surface area contributed by atoms with Crippen LogP contribution in [0.3, 0.4) is 0 Å². The normalized spacial score (nSPS) is 18.2. The van der Waals surface area contributed by atoms with Crippen molar-refractivity contribution in [2.75, 3.05) is 26.8 Å². The lowest BCUT2D eigenvalue weighted by Crippen LogP contribution is -2.49. The summed E-state index contributed by atoms with van der Waals surface area (Å²) in [5.41, 5.74) is 2.52. The molecular weight excluding hydrogens is 332 g/mol. The molecular formula is C20H26N2O2S. The molecule has 4 nitrogen and oxygen atoms in total. The second-order valence-corrected chi connectivity index (χ2v) is 7.39. The third-order valence-electron chi connectivity index (χ3n) is 4.67. The van der Waals surface area contributed by atoms with Crippen molar-refractivity contribution < 1.29 is 9.53 Å². The Morgan fingerprint density at radius 3 is 2.84 bits per heavy atom. The van der Waals surface area contributed by atoms with Crippen molar-refractivity contribution in [3.63, 3.8) is 0 Å².